The molecule has 0 radical (unpaired) electrons. The summed E-state index contributed by atoms with van der Waals surface area (Å²) in [7, 11) is 0. The lowest BCUT2D eigenvalue weighted by molar-refractivity contribution is -0.124. The summed E-state index contributed by atoms with van der Waals surface area (Å²) in [5, 5.41) is 15.1. The van der Waals surface area contributed by atoms with Crippen LogP contribution in [0.1, 0.15) is 33.1 Å². The number of nitrogens with two attached hydrogens (primary N) is 1. The highest BCUT2D eigenvalue weighted by atomic mass is 79.9. The van der Waals surface area contributed by atoms with Gasteiger partial charge in [-0.1, -0.05) is 15.9 Å². The van der Waals surface area contributed by atoms with Gasteiger partial charge in [0.2, 0.25) is 11.8 Å². The first-order valence-corrected chi connectivity index (χ1v) is 10.5. The van der Waals surface area contributed by atoms with E-state index in [1.165, 1.54) is 4.90 Å². The normalized spacial score (nSPS) is 19.9. The van der Waals surface area contributed by atoms with Crippen LogP contribution >= 0.6 is 15.9 Å². The lowest BCUT2D eigenvalue weighted by Gasteiger charge is -2.33. The fraction of sp³-hybridized carbons (Fsp3) is 0.550. The third-order valence-corrected chi connectivity index (χ3v) is 5.11. The maximum absolute atomic E-state index is 12.7. The molecule has 2 heterocycles. The van der Waals surface area contributed by atoms with Crippen LogP contribution < -0.4 is 10.6 Å². The Kier molecular flexibility index (Phi) is 11.0. The van der Waals surface area contributed by atoms with Crippen molar-refractivity contribution in [1.82, 2.24) is 4.90 Å². The Bertz CT molecular complexity index is 673. The number of hydrogen-bond donors (Lipinski definition) is 3. The fourth-order valence-electron chi connectivity index (χ4n) is 3.26. The number of rotatable bonds is 3. The third-order valence-electron chi connectivity index (χ3n) is 4.58. The number of aliphatic hydroxyl groups is 2. The monoisotopic (exact) mass is 471 g/mol. The Morgan fingerprint density at radius 2 is 1.59 bits per heavy atom. The van der Waals surface area contributed by atoms with Crippen LogP contribution in [-0.4, -0.2) is 65.2 Å². The number of benzene rings is 1. The molecule has 0 saturated carbocycles. The second kappa shape index (κ2) is 12.7. The number of aliphatic hydroxyl groups excluding tert-OH is 2. The Morgan fingerprint density at radius 3 is 2.03 bits per heavy atom. The molecule has 1 aromatic rings. The molecule has 29 heavy (non-hydrogen) atoms. The van der Waals surface area contributed by atoms with Crippen LogP contribution in [0.4, 0.5) is 5.69 Å². The highest BCUT2D eigenvalue weighted by Gasteiger charge is 2.43. The van der Waals surface area contributed by atoms with Gasteiger partial charge in [-0.2, -0.15) is 0 Å². The van der Waals surface area contributed by atoms with Crippen molar-refractivity contribution in [3.63, 3.8) is 0 Å². The summed E-state index contributed by atoms with van der Waals surface area (Å²) in [4.78, 5) is 39.5. The molecule has 3 rings (SSSR count). The number of imide groups is 1. The van der Waals surface area contributed by atoms with E-state index in [1.807, 2.05) is 17.0 Å². The number of primary amides is 1. The van der Waals surface area contributed by atoms with Gasteiger partial charge >= 0.3 is 0 Å². The average molecular weight is 472 g/mol. The van der Waals surface area contributed by atoms with E-state index in [4.69, 9.17) is 15.9 Å². The van der Waals surface area contributed by atoms with E-state index >= 15 is 0 Å². The SMILES string of the molecule is CCO.CCO.NC(=O)C1CCN(C2CC(=O)N(c3ccc(Br)cc3)C2=O)CC1. The van der Waals surface area contributed by atoms with E-state index in [-0.39, 0.29) is 43.3 Å². The van der Waals surface area contributed by atoms with Gasteiger partial charge in [0.1, 0.15) is 0 Å². The van der Waals surface area contributed by atoms with Crippen molar-refractivity contribution in [2.75, 3.05) is 31.2 Å². The number of hydrogen-bond acceptors (Lipinski definition) is 6. The molecule has 2 aliphatic rings. The zero-order valence-corrected chi connectivity index (χ0v) is 18.5. The molecule has 2 aliphatic heterocycles. The van der Waals surface area contributed by atoms with E-state index in [9.17, 15) is 14.4 Å². The van der Waals surface area contributed by atoms with Gasteiger partial charge in [0.05, 0.1) is 18.2 Å². The molecule has 1 atom stereocenters. The average Bonchev–Trinajstić information content (AvgIpc) is 2.98. The zero-order chi connectivity index (χ0) is 22.0. The number of piperidine rings is 1. The van der Waals surface area contributed by atoms with Crippen LogP contribution in [0.25, 0.3) is 0 Å². The minimum absolute atomic E-state index is 0.124. The molecule has 1 aromatic carbocycles. The molecule has 8 nitrogen and oxygen atoms in total. The van der Waals surface area contributed by atoms with Crippen molar-refractivity contribution in [1.29, 1.82) is 0 Å². The van der Waals surface area contributed by atoms with Gasteiger partial charge in [-0.25, -0.2) is 4.90 Å². The van der Waals surface area contributed by atoms with Crippen LogP contribution in [0.15, 0.2) is 28.7 Å². The van der Waals surface area contributed by atoms with Crippen LogP contribution in [0.2, 0.25) is 0 Å². The van der Waals surface area contributed by atoms with Gasteiger partial charge in [0.15, 0.2) is 0 Å². The Hall–Kier alpha value is -1.81. The third kappa shape index (κ3) is 7.18. The molecule has 4 N–H and O–H groups in total. The summed E-state index contributed by atoms with van der Waals surface area (Å²) in [5.41, 5.74) is 5.93. The predicted octanol–water partition coefficient (Wildman–Crippen LogP) is 1.28. The predicted molar refractivity (Wildman–Crippen MR) is 114 cm³/mol. The summed E-state index contributed by atoms with van der Waals surface area (Å²) in [6.07, 6.45) is 1.48. The number of nitrogens with zero attached hydrogens (tertiary/aromatic N) is 2. The molecule has 2 fully saturated rings. The topological polar surface area (TPSA) is 124 Å². The lowest BCUT2D eigenvalue weighted by Crippen LogP contribution is -2.47. The van der Waals surface area contributed by atoms with Gasteiger partial charge in [-0.15, -0.1) is 0 Å². The number of halogens is 1. The van der Waals surface area contributed by atoms with Gasteiger partial charge < -0.3 is 15.9 Å². The Labute approximate surface area is 179 Å². The molecule has 0 aromatic heterocycles. The summed E-state index contributed by atoms with van der Waals surface area (Å²) in [6, 6.07) is 6.69. The van der Waals surface area contributed by atoms with Crippen molar-refractivity contribution >= 4 is 39.3 Å². The van der Waals surface area contributed by atoms with Gasteiger partial charge in [-0.3, -0.25) is 19.3 Å². The summed E-state index contributed by atoms with van der Waals surface area (Å²) in [6.45, 7) is 5.09. The Morgan fingerprint density at radius 1 is 1.10 bits per heavy atom. The first-order valence-electron chi connectivity index (χ1n) is 9.68. The standard InChI is InChI=1S/C16H18BrN3O3.2C2H6O/c17-11-1-3-12(4-2-11)20-14(21)9-13(16(20)23)19-7-5-10(6-8-19)15(18)22;2*1-2-3/h1-4,10,13H,5-9H2,(H2,18,22);2*3H,2H2,1H3. The molecule has 9 heteroatoms. The van der Waals surface area contributed by atoms with Crippen molar-refractivity contribution in [3.05, 3.63) is 28.7 Å². The van der Waals surface area contributed by atoms with Crippen LogP contribution in [-0.2, 0) is 14.4 Å². The molecule has 2 saturated heterocycles. The minimum atomic E-state index is -0.431. The van der Waals surface area contributed by atoms with E-state index < -0.39 is 6.04 Å². The van der Waals surface area contributed by atoms with Crippen molar-refractivity contribution in [2.45, 2.75) is 39.2 Å². The minimum Gasteiger partial charge on any atom is -0.397 e. The van der Waals surface area contributed by atoms with Crippen molar-refractivity contribution in [3.8, 4) is 0 Å². The maximum atomic E-state index is 12.7. The smallest absolute Gasteiger partial charge is 0.251 e. The quantitative estimate of drug-likeness (QED) is 0.570. The van der Waals surface area contributed by atoms with Gasteiger partial charge in [0, 0.05) is 23.6 Å². The molecule has 0 bridgehead atoms. The summed E-state index contributed by atoms with van der Waals surface area (Å²) in [5.74, 6) is -0.773. The highest BCUT2D eigenvalue weighted by Crippen LogP contribution is 2.29. The fourth-order valence-corrected chi connectivity index (χ4v) is 3.52. The van der Waals surface area contributed by atoms with Crippen LogP contribution in [0, 0.1) is 5.92 Å². The molecule has 0 aliphatic carbocycles. The first kappa shape index (κ1) is 25.2. The number of carbonyl (C=O) groups is 3. The second-order valence-electron chi connectivity index (χ2n) is 6.61. The van der Waals surface area contributed by atoms with Gasteiger partial charge in [-0.05, 0) is 64.0 Å². The number of anilines is 1. The summed E-state index contributed by atoms with van der Waals surface area (Å²) < 4.78 is 0.894. The molecular formula is C20H30BrN3O5. The van der Waals surface area contributed by atoms with E-state index in [1.54, 1.807) is 26.0 Å². The molecule has 3 amide bonds. The molecular weight excluding hydrogens is 442 g/mol. The summed E-state index contributed by atoms with van der Waals surface area (Å²) >= 11 is 3.34. The first-order chi connectivity index (χ1) is 13.8. The van der Waals surface area contributed by atoms with Crippen molar-refractivity contribution in [2.24, 2.45) is 11.7 Å². The zero-order valence-electron chi connectivity index (χ0n) is 16.9. The lowest BCUT2D eigenvalue weighted by atomic mass is 9.95. The second-order valence-corrected chi connectivity index (χ2v) is 7.52. The maximum Gasteiger partial charge on any atom is 0.251 e. The van der Waals surface area contributed by atoms with Gasteiger partial charge in [0.25, 0.3) is 5.91 Å². The highest BCUT2D eigenvalue weighted by molar-refractivity contribution is 9.10. The molecule has 0 spiro atoms. The van der Waals surface area contributed by atoms with Crippen LogP contribution in [0.5, 0.6) is 0 Å². The number of amides is 3. The molecule has 162 valence electrons. The van der Waals surface area contributed by atoms with E-state index in [2.05, 4.69) is 15.9 Å². The molecule has 1 unspecified atom stereocenters. The van der Waals surface area contributed by atoms with E-state index in [0.717, 1.165) is 4.47 Å². The Balaban J connectivity index is 0.000000626. The number of carbonyl (C=O) groups excluding carboxylic acids is 3. The number of likely N-dealkylation sites (tertiary alicyclic amines) is 1. The van der Waals surface area contributed by atoms with Crippen LogP contribution in [0.3, 0.4) is 0 Å². The van der Waals surface area contributed by atoms with E-state index in [0.29, 0.717) is 31.6 Å². The van der Waals surface area contributed by atoms with Crippen molar-refractivity contribution < 1.29 is 24.6 Å². The largest absolute Gasteiger partial charge is 0.397 e.